The molecule has 1 aromatic rings. The third-order valence-electron chi connectivity index (χ3n) is 5.36. The molecule has 1 fully saturated rings. The molecule has 30 heavy (non-hydrogen) atoms. The van der Waals surface area contributed by atoms with Crippen molar-refractivity contribution in [2.75, 3.05) is 26.7 Å². The van der Waals surface area contributed by atoms with Crippen LogP contribution in [0.25, 0.3) is 0 Å². The predicted molar refractivity (Wildman–Crippen MR) is 116 cm³/mol. The van der Waals surface area contributed by atoms with Gasteiger partial charge in [0.05, 0.1) is 7.11 Å². The molecule has 1 heterocycles. The molecule has 0 radical (unpaired) electrons. The molecule has 1 aliphatic rings. The second-order valence-electron chi connectivity index (χ2n) is 8.30. The molecule has 1 aliphatic heterocycles. The van der Waals surface area contributed by atoms with Crippen molar-refractivity contribution in [3.05, 3.63) is 29.8 Å². The summed E-state index contributed by atoms with van der Waals surface area (Å²) in [6.07, 6.45) is 2.57. The van der Waals surface area contributed by atoms with E-state index >= 15 is 0 Å². The molecule has 0 aromatic heterocycles. The van der Waals surface area contributed by atoms with Gasteiger partial charge in [-0.1, -0.05) is 26.8 Å². The minimum absolute atomic E-state index is 0.00679. The largest absolute Gasteiger partial charge is 0.497 e. The number of ether oxygens (including phenoxy) is 1. The Balaban J connectivity index is 2.02. The Morgan fingerprint density at radius 2 is 1.90 bits per heavy atom. The Morgan fingerprint density at radius 1 is 1.20 bits per heavy atom. The highest BCUT2D eigenvalue weighted by atomic mass is 16.5. The summed E-state index contributed by atoms with van der Waals surface area (Å²) in [5, 5.41) is 5.86. The number of benzene rings is 1. The van der Waals surface area contributed by atoms with Crippen LogP contribution >= 0.6 is 0 Å². The highest BCUT2D eigenvalue weighted by Crippen LogP contribution is 2.24. The zero-order valence-corrected chi connectivity index (χ0v) is 18.6. The maximum atomic E-state index is 12.8. The van der Waals surface area contributed by atoms with E-state index in [4.69, 9.17) is 4.74 Å². The Morgan fingerprint density at radius 3 is 2.50 bits per heavy atom. The predicted octanol–water partition coefficient (Wildman–Crippen LogP) is 2.60. The second kappa shape index (κ2) is 11.6. The van der Waals surface area contributed by atoms with Crippen LogP contribution in [-0.2, 0) is 9.59 Å². The number of rotatable bonds is 9. The highest BCUT2D eigenvalue weighted by molar-refractivity contribution is 5.94. The lowest BCUT2D eigenvalue weighted by molar-refractivity contribution is -0.131. The standard InChI is InChI=1S/C23H35N3O4/c1-5-11-24-22(28)21(25-20(27)14-16(2)3)17-9-12-26(13-10-17)23(29)18-7-6-8-19(15-18)30-4/h6-8,15-17,21H,5,9-14H2,1-4H3,(H,24,28)(H,25,27). The lowest BCUT2D eigenvalue weighted by atomic mass is 9.88. The van der Waals surface area contributed by atoms with E-state index < -0.39 is 6.04 Å². The third kappa shape index (κ3) is 6.75. The van der Waals surface area contributed by atoms with Crippen molar-refractivity contribution in [3.63, 3.8) is 0 Å². The number of nitrogens with zero attached hydrogens (tertiary/aromatic N) is 1. The van der Waals surface area contributed by atoms with Gasteiger partial charge in [0.25, 0.3) is 5.91 Å². The number of amides is 3. The van der Waals surface area contributed by atoms with Gasteiger partial charge in [-0.3, -0.25) is 14.4 Å². The number of carbonyl (C=O) groups excluding carboxylic acids is 3. The van der Waals surface area contributed by atoms with Gasteiger partial charge in [0.2, 0.25) is 11.8 Å². The summed E-state index contributed by atoms with van der Waals surface area (Å²) in [6, 6.07) is 6.57. The summed E-state index contributed by atoms with van der Waals surface area (Å²) in [7, 11) is 1.58. The van der Waals surface area contributed by atoms with Crippen LogP contribution in [0.15, 0.2) is 24.3 Å². The molecule has 0 aliphatic carbocycles. The first kappa shape index (κ1) is 23.7. The number of methoxy groups -OCH3 is 1. The van der Waals surface area contributed by atoms with E-state index in [0.29, 0.717) is 50.2 Å². The first-order valence-electron chi connectivity index (χ1n) is 10.9. The molecular formula is C23H35N3O4. The Bertz CT molecular complexity index is 727. The van der Waals surface area contributed by atoms with Crippen molar-refractivity contribution in [3.8, 4) is 5.75 Å². The van der Waals surface area contributed by atoms with Crippen molar-refractivity contribution >= 4 is 17.7 Å². The average Bonchev–Trinajstić information content (AvgIpc) is 2.75. The number of nitrogens with one attached hydrogen (secondary N) is 2. The molecule has 1 aromatic carbocycles. The number of hydrogen-bond donors (Lipinski definition) is 2. The summed E-state index contributed by atoms with van der Waals surface area (Å²) in [5.74, 6) is 0.613. The van der Waals surface area contributed by atoms with Crippen molar-refractivity contribution in [1.82, 2.24) is 15.5 Å². The molecule has 7 nitrogen and oxygen atoms in total. The van der Waals surface area contributed by atoms with Gasteiger partial charge in [-0.25, -0.2) is 0 Å². The first-order chi connectivity index (χ1) is 14.3. The normalized spacial score (nSPS) is 15.6. The van der Waals surface area contributed by atoms with Gasteiger partial charge in [-0.15, -0.1) is 0 Å². The van der Waals surface area contributed by atoms with Gasteiger partial charge in [0, 0.05) is 31.6 Å². The van der Waals surface area contributed by atoms with Crippen LogP contribution in [0.3, 0.4) is 0 Å². The monoisotopic (exact) mass is 417 g/mol. The average molecular weight is 418 g/mol. The summed E-state index contributed by atoms with van der Waals surface area (Å²) in [4.78, 5) is 39.7. The van der Waals surface area contributed by atoms with Crippen molar-refractivity contribution < 1.29 is 19.1 Å². The van der Waals surface area contributed by atoms with E-state index in [-0.39, 0.29) is 29.6 Å². The van der Waals surface area contributed by atoms with E-state index in [1.54, 1.807) is 25.3 Å². The van der Waals surface area contributed by atoms with Gasteiger partial charge in [-0.2, -0.15) is 0 Å². The van der Waals surface area contributed by atoms with Crippen molar-refractivity contribution in [2.45, 2.75) is 52.5 Å². The van der Waals surface area contributed by atoms with E-state index in [2.05, 4.69) is 10.6 Å². The molecule has 2 N–H and O–H groups in total. The molecule has 0 spiro atoms. The minimum Gasteiger partial charge on any atom is -0.497 e. The third-order valence-corrected chi connectivity index (χ3v) is 5.36. The Kier molecular flexibility index (Phi) is 9.15. The zero-order chi connectivity index (χ0) is 22.1. The molecule has 1 saturated heterocycles. The van der Waals surface area contributed by atoms with Crippen molar-refractivity contribution in [2.24, 2.45) is 11.8 Å². The Hall–Kier alpha value is -2.57. The van der Waals surface area contributed by atoms with E-state index in [1.165, 1.54) is 0 Å². The summed E-state index contributed by atoms with van der Waals surface area (Å²) >= 11 is 0. The van der Waals surface area contributed by atoms with E-state index in [1.807, 2.05) is 31.7 Å². The molecule has 0 saturated carbocycles. The molecule has 0 bridgehead atoms. The molecule has 166 valence electrons. The number of likely N-dealkylation sites (tertiary alicyclic amines) is 1. The second-order valence-corrected chi connectivity index (χ2v) is 8.30. The fraction of sp³-hybridized carbons (Fsp3) is 0.609. The Labute approximate surface area is 179 Å². The molecular weight excluding hydrogens is 382 g/mol. The van der Waals surface area contributed by atoms with Crippen LogP contribution in [0.1, 0.15) is 56.8 Å². The minimum atomic E-state index is -0.558. The van der Waals surface area contributed by atoms with Crippen LogP contribution < -0.4 is 15.4 Å². The summed E-state index contributed by atoms with van der Waals surface area (Å²) in [5.41, 5.74) is 0.593. The van der Waals surface area contributed by atoms with E-state index in [0.717, 1.165) is 6.42 Å². The van der Waals surface area contributed by atoms with Crippen LogP contribution in [0.4, 0.5) is 0 Å². The van der Waals surface area contributed by atoms with Gasteiger partial charge < -0.3 is 20.3 Å². The topological polar surface area (TPSA) is 87.7 Å². The van der Waals surface area contributed by atoms with Crippen molar-refractivity contribution in [1.29, 1.82) is 0 Å². The highest BCUT2D eigenvalue weighted by Gasteiger charge is 2.34. The van der Waals surface area contributed by atoms with Gasteiger partial charge in [0.15, 0.2) is 0 Å². The number of carbonyl (C=O) groups is 3. The first-order valence-corrected chi connectivity index (χ1v) is 10.9. The molecule has 2 rings (SSSR count). The SMILES string of the molecule is CCCNC(=O)C(NC(=O)CC(C)C)C1CCN(C(=O)c2cccc(OC)c2)CC1. The fourth-order valence-electron chi connectivity index (χ4n) is 3.73. The lowest BCUT2D eigenvalue weighted by Crippen LogP contribution is -2.54. The molecule has 7 heteroatoms. The van der Waals surface area contributed by atoms with Crippen LogP contribution in [0.2, 0.25) is 0 Å². The zero-order valence-electron chi connectivity index (χ0n) is 18.6. The fourth-order valence-corrected chi connectivity index (χ4v) is 3.73. The maximum Gasteiger partial charge on any atom is 0.253 e. The maximum absolute atomic E-state index is 12.8. The molecule has 3 amide bonds. The van der Waals surface area contributed by atoms with Gasteiger partial charge in [0.1, 0.15) is 11.8 Å². The smallest absolute Gasteiger partial charge is 0.253 e. The van der Waals surface area contributed by atoms with Gasteiger partial charge >= 0.3 is 0 Å². The summed E-state index contributed by atoms with van der Waals surface area (Å²) in [6.45, 7) is 7.65. The molecule has 1 atom stereocenters. The van der Waals surface area contributed by atoms with Gasteiger partial charge in [-0.05, 0) is 49.3 Å². The van der Waals surface area contributed by atoms with Crippen LogP contribution in [0, 0.1) is 11.8 Å². The quantitative estimate of drug-likeness (QED) is 0.647. The van der Waals surface area contributed by atoms with E-state index in [9.17, 15) is 14.4 Å². The molecule has 1 unspecified atom stereocenters. The number of piperidine rings is 1. The lowest BCUT2D eigenvalue weighted by Gasteiger charge is -2.36. The number of hydrogen-bond acceptors (Lipinski definition) is 4. The summed E-state index contributed by atoms with van der Waals surface area (Å²) < 4.78 is 5.21. The van der Waals surface area contributed by atoms with Crippen LogP contribution in [0.5, 0.6) is 5.75 Å². The van der Waals surface area contributed by atoms with Crippen LogP contribution in [-0.4, -0.2) is 55.4 Å².